The van der Waals surface area contributed by atoms with Gasteiger partial charge in [-0.05, 0) is 50.5 Å². The van der Waals surface area contributed by atoms with E-state index in [-0.39, 0.29) is 30.2 Å². The molecule has 31 heavy (non-hydrogen) atoms. The second-order valence-electron chi connectivity index (χ2n) is 8.03. The van der Waals surface area contributed by atoms with E-state index in [1.54, 1.807) is 24.5 Å². The first-order chi connectivity index (χ1) is 15.0. The number of rotatable bonds is 6. The summed E-state index contributed by atoms with van der Waals surface area (Å²) in [5, 5.41) is 0. The number of nitrogens with zero attached hydrogens (tertiary/aromatic N) is 4. The molecule has 1 fully saturated rings. The van der Waals surface area contributed by atoms with Crippen molar-refractivity contribution in [2.24, 2.45) is 5.92 Å². The van der Waals surface area contributed by atoms with E-state index >= 15 is 0 Å². The van der Waals surface area contributed by atoms with Crippen LogP contribution in [0.4, 0.5) is 5.69 Å². The van der Waals surface area contributed by atoms with E-state index in [0.29, 0.717) is 24.2 Å². The SMILES string of the molecule is CCN(CC)C(=O)C1CCN(c2cccc3c2C(=O)N(Cc2cccnc2)C3=O)CC1. The highest BCUT2D eigenvalue weighted by atomic mass is 16.2. The first-order valence-corrected chi connectivity index (χ1v) is 11.0. The lowest BCUT2D eigenvalue weighted by Crippen LogP contribution is -2.43. The third-order valence-corrected chi connectivity index (χ3v) is 6.30. The van der Waals surface area contributed by atoms with E-state index in [2.05, 4.69) is 9.88 Å². The van der Waals surface area contributed by atoms with E-state index in [4.69, 9.17) is 0 Å². The van der Waals surface area contributed by atoms with Gasteiger partial charge in [0.05, 0.1) is 23.4 Å². The fourth-order valence-corrected chi connectivity index (χ4v) is 4.56. The molecule has 7 heteroatoms. The molecule has 0 bridgehead atoms. The quantitative estimate of drug-likeness (QED) is 0.672. The van der Waals surface area contributed by atoms with Gasteiger partial charge in [-0.15, -0.1) is 0 Å². The lowest BCUT2D eigenvalue weighted by atomic mass is 9.94. The Labute approximate surface area is 182 Å². The summed E-state index contributed by atoms with van der Waals surface area (Å²) >= 11 is 0. The van der Waals surface area contributed by atoms with Crippen LogP contribution in [-0.2, 0) is 11.3 Å². The van der Waals surface area contributed by atoms with Crippen LogP contribution in [0.5, 0.6) is 0 Å². The average Bonchev–Trinajstić information content (AvgIpc) is 3.05. The van der Waals surface area contributed by atoms with Gasteiger partial charge >= 0.3 is 0 Å². The zero-order chi connectivity index (χ0) is 22.0. The van der Waals surface area contributed by atoms with Crippen molar-refractivity contribution in [1.29, 1.82) is 0 Å². The molecule has 0 unspecified atom stereocenters. The van der Waals surface area contributed by atoms with Crippen molar-refractivity contribution in [2.75, 3.05) is 31.1 Å². The molecule has 2 aliphatic rings. The molecule has 2 aliphatic heterocycles. The molecule has 1 saturated heterocycles. The van der Waals surface area contributed by atoms with Gasteiger partial charge < -0.3 is 9.80 Å². The molecule has 1 aromatic heterocycles. The molecule has 162 valence electrons. The molecule has 0 radical (unpaired) electrons. The standard InChI is InChI=1S/C24H28N4O3/c1-3-26(4-2)22(29)18-10-13-27(14-11-18)20-9-5-8-19-21(20)24(31)28(23(19)30)16-17-7-6-12-25-15-17/h5-9,12,15,18H,3-4,10-11,13-14,16H2,1-2H3. The van der Waals surface area contributed by atoms with Gasteiger partial charge in [-0.3, -0.25) is 24.3 Å². The Morgan fingerprint density at radius 2 is 1.81 bits per heavy atom. The highest BCUT2D eigenvalue weighted by Gasteiger charge is 2.39. The Hall–Kier alpha value is -3.22. The third kappa shape index (κ3) is 3.92. The monoisotopic (exact) mass is 420 g/mol. The number of aromatic nitrogens is 1. The fraction of sp³-hybridized carbons (Fsp3) is 0.417. The Balaban J connectivity index is 1.52. The highest BCUT2D eigenvalue weighted by Crippen LogP contribution is 2.34. The summed E-state index contributed by atoms with van der Waals surface area (Å²) in [4.78, 5) is 48.3. The Morgan fingerprint density at radius 3 is 2.45 bits per heavy atom. The largest absolute Gasteiger partial charge is 0.371 e. The van der Waals surface area contributed by atoms with Crippen molar-refractivity contribution in [3.8, 4) is 0 Å². The number of carbonyl (C=O) groups excluding carboxylic acids is 3. The zero-order valence-electron chi connectivity index (χ0n) is 18.1. The average molecular weight is 421 g/mol. The molecule has 3 heterocycles. The van der Waals surface area contributed by atoms with E-state index in [1.165, 1.54) is 4.90 Å². The zero-order valence-corrected chi connectivity index (χ0v) is 18.1. The number of carbonyl (C=O) groups is 3. The lowest BCUT2D eigenvalue weighted by molar-refractivity contribution is -0.135. The lowest BCUT2D eigenvalue weighted by Gasteiger charge is -2.35. The fourth-order valence-electron chi connectivity index (χ4n) is 4.56. The molecular formula is C24H28N4O3. The smallest absolute Gasteiger partial charge is 0.263 e. The number of fused-ring (bicyclic) bond motifs is 1. The molecule has 1 aromatic carbocycles. The summed E-state index contributed by atoms with van der Waals surface area (Å²) < 4.78 is 0. The van der Waals surface area contributed by atoms with Crippen LogP contribution in [-0.4, -0.2) is 58.7 Å². The normalized spacial score (nSPS) is 16.6. The summed E-state index contributed by atoms with van der Waals surface area (Å²) in [6.45, 7) is 7.06. The number of anilines is 1. The number of hydrogen-bond donors (Lipinski definition) is 0. The predicted octanol–water partition coefficient (Wildman–Crippen LogP) is 2.96. The Kier molecular flexibility index (Phi) is 6.02. The van der Waals surface area contributed by atoms with Crippen molar-refractivity contribution >= 4 is 23.4 Å². The van der Waals surface area contributed by atoms with Crippen LogP contribution in [0.3, 0.4) is 0 Å². The second kappa shape index (κ2) is 8.88. The van der Waals surface area contributed by atoms with Crippen LogP contribution in [0, 0.1) is 5.92 Å². The number of hydrogen-bond acceptors (Lipinski definition) is 5. The summed E-state index contributed by atoms with van der Waals surface area (Å²) in [5.41, 5.74) is 2.53. The van der Waals surface area contributed by atoms with Crippen LogP contribution in [0.25, 0.3) is 0 Å². The van der Waals surface area contributed by atoms with E-state index < -0.39 is 0 Å². The van der Waals surface area contributed by atoms with Crippen molar-refractivity contribution in [2.45, 2.75) is 33.2 Å². The number of piperidine rings is 1. The van der Waals surface area contributed by atoms with E-state index in [1.807, 2.05) is 36.9 Å². The van der Waals surface area contributed by atoms with Gasteiger partial charge in [0.2, 0.25) is 5.91 Å². The van der Waals surface area contributed by atoms with Crippen molar-refractivity contribution in [3.63, 3.8) is 0 Å². The first kappa shape index (κ1) is 21.0. The summed E-state index contributed by atoms with van der Waals surface area (Å²) in [5.74, 6) is -0.290. The molecule has 0 N–H and O–H groups in total. The van der Waals surface area contributed by atoms with Crippen LogP contribution in [0.2, 0.25) is 0 Å². The summed E-state index contributed by atoms with van der Waals surface area (Å²) in [7, 11) is 0. The molecule has 7 nitrogen and oxygen atoms in total. The Morgan fingerprint density at radius 1 is 1.06 bits per heavy atom. The number of amides is 3. The minimum Gasteiger partial charge on any atom is -0.371 e. The predicted molar refractivity (Wildman–Crippen MR) is 118 cm³/mol. The van der Waals surface area contributed by atoms with Gasteiger partial charge in [0.15, 0.2) is 0 Å². The van der Waals surface area contributed by atoms with Crippen LogP contribution < -0.4 is 4.90 Å². The number of pyridine rings is 1. The molecule has 4 rings (SSSR count). The van der Waals surface area contributed by atoms with Gasteiger partial charge in [-0.2, -0.15) is 0 Å². The number of imide groups is 1. The summed E-state index contributed by atoms with van der Waals surface area (Å²) in [6.07, 6.45) is 4.84. The second-order valence-corrected chi connectivity index (χ2v) is 8.03. The van der Waals surface area contributed by atoms with Gasteiger partial charge in [0, 0.05) is 44.5 Å². The van der Waals surface area contributed by atoms with E-state index in [9.17, 15) is 14.4 Å². The van der Waals surface area contributed by atoms with Gasteiger partial charge in [0.1, 0.15) is 0 Å². The highest BCUT2D eigenvalue weighted by molar-refractivity contribution is 6.23. The Bertz CT molecular complexity index is 980. The minimum absolute atomic E-state index is 0.0207. The maximum atomic E-state index is 13.2. The maximum absolute atomic E-state index is 13.2. The van der Waals surface area contributed by atoms with Crippen LogP contribution >= 0.6 is 0 Å². The van der Waals surface area contributed by atoms with Crippen molar-refractivity contribution in [3.05, 3.63) is 59.4 Å². The molecule has 2 aromatic rings. The molecular weight excluding hydrogens is 392 g/mol. The molecule has 0 aliphatic carbocycles. The molecule has 0 atom stereocenters. The minimum atomic E-state index is -0.266. The van der Waals surface area contributed by atoms with Crippen molar-refractivity contribution in [1.82, 2.24) is 14.8 Å². The van der Waals surface area contributed by atoms with E-state index in [0.717, 1.165) is 37.2 Å². The van der Waals surface area contributed by atoms with Crippen molar-refractivity contribution < 1.29 is 14.4 Å². The topological polar surface area (TPSA) is 73.8 Å². The maximum Gasteiger partial charge on any atom is 0.263 e. The molecule has 0 saturated carbocycles. The third-order valence-electron chi connectivity index (χ3n) is 6.30. The number of benzene rings is 1. The summed E-state index contributed by atoms with van der Waals surface area (Å²) in [6, 6.07) is 9.11. The first-order valence-electron chi connectivity index (χ1n) is 11.0. The molecule has 0 spiro atoms. The van der Waals surface area contributed by atoms with Gasteiger partial charge in [-0.25, -0.2) is 0 Å². The van der Waals surface area contributed by atoms with Gasteiger partial charge in [0.25, 0.3) is 11.8 Å². The van der Waals surface area contributed by atoms with Crippen LogP contribution in [0.15, 0.2) is 42.7 Å². The van der Waals surface area contributed by atoms with Crippen LogP contribution in [0.1, 0.15) is 53.0 Å². The van der Waals surface area contributed by atoms with Gasteiger partial charge in [-0.1, -0.05) is 12.1 Å². The molecule has 3 amide bonds.